The number of halogens is 3. The zero-order valence-electron chi connectivity index (χ0n) is 25.3. The van der Waals surface area contributed by atoms with Gasteiger partial charge < -0.3 is 30.1 Å². The number of hydrogen-bond donors (Lipinski definition) is 1. The number of nitrogens with zero attached hydrogens (tertiary/aromatic N) is 1. The van der Waals surface area contributed by atoms with Gasteiger partial charge in [0.05, 0.1) is 0 Å². The molecule has 1 saturated heterocycles. The van der Waals surface area contributed by atoms with E-state index in [4.69, 9.17) is 4.74 Å². The second-order valence-electron chi connectivity index (χ2n) is 11.7. The van der Waals surface area contributed by atoms with E-state index in [1.807, 2.05) is 13.8 Å². The minimum atomic E-state index is -3.40. The summed E-state index contributed by atoms with van der Waals surface area (Å²) in [5.41, 5.74) is 4.73. The maximum atomic E-state index is 13.8. The molecule has 0 radical (unpaired) electrons. The quantitative estimate of drug-likeness (QED) is 0.400. The van der Waals surface area contributed by atoms with Gasteiger partial charge in [0, 0.05) is 11.6 Å². The summed E-state index contributed by atoms with van der Waals surface area (Å²) in [5.74, 6) is 0.582. The molecule has 10 heteroatoms. The van der Waals surface area contributed by atoms with Crippen LogP contribution in [-0.4, -0.2) is 43.1 Å². The van der Waals surface area contributed by atoms with Crippen LogP contribution in [-0.2, 0) is 40.7 Å². The first-order valence-electron chi connectivity index (χ1n) is 13.2. The molecule has 0 aromatic heterocycles. The molecule has 228 valence electrons. The largest absolute Gasteiger partial charge is 1.00 e. The molecule has 0 spiro atoms. The van der Waals surface area contributed by atoms with Crippen LogP contribution in [0.1, 0.15) is 90.1 Å². The van der Waals surface area contributed by atoms with Crippen LogP contribution < -0.4 is 34.9 Å². The number of rotatable bonds is 8. The molecule has 40 heavy (non-hydrogen) atoms. The van der Waals surface area contributed by atoms with Crippen molar-refractivity contribution in [2.75, 3.05) is 14.1 Å². The predicted molar refractivity (Wildman–Crippen MR) is 152 cm³/mol. The van der Waals surface area contributed by atoms with E-state index in [9.17, 15) is 12.8 Å². The van der Waals surface area contributed by atoms with Crippen molar-refractivity contribution in [2.24, 2.45) is 5.41 Å². The molecule has 0 saturated carbocycles. The minimum Gasteiger partial charge on any atom is -1.00 e. The Hall–Kier alpha value is -0.887. The van der Waals surface area contributed by atoms with Crippen molar-refractivity contribution >= 4 is 14.6 Å². The topological polar surface area (TPSA) is 58.6 Å². The molecule has 1 atom stereocenters. The fourth-order valence-electron chi connectivity index (χ4n) is 5.37. The van der Waals surface area contributed by atoms with Crippen LogP contribution >= 0.6 is 0 Å². The number of aryl methyl sites for hydroxylation is 2. The standard InChI is InChI=1S/C18H28FN.C12H17NO3S.2ClH.Ru/c1-7-12-9-14(19)10-13(8-2)15(12)16-17(3,4)11-18(5,6)20-16;1-9(2)16-12-7-6-11(8-10(12)3)17(14,15)13(4)5;;;/h9-10,16,20H,7-8,11H2,1-6H3;3,6-9H,1-2,4-5H3;2*1H;/q;;;;+2/p-2. The van der Waals surface area contributed by atoms with Gasteiger partial charge in [0.25, 0.3) is 0 Å². The Labute approximate surface area is 264 Å². The molecule has 0 aliphatic carbocycles. The van der Waals surface area contributed by atoms with E-state index in [-0.39, 0.29) is 52.6 Å². The van der Waals surface area contributed by atoms with Crippen LogP contribution in [0.15, 0.2) is 35.2 Å². The van der Waals surface area contributed by atoms with Gasteiger partial charge in [-0.15, -0.1) is 0 Å². The van der Waals surface area contributed by atoms with Crippen molar-refractivity contribution in [1.82, 2.24) is 9.62 Å². The number of hydrogen-bond acceptors (Lipinski definition) is 4. The maximum absolute atomic E-state index is 13.8. The summed E-state index contributed by atoms with van der Waals surface area (Å²) < 4.78 is 46.4. The zero-order valence-corrected chi connectivity index (χ0v) is 29.4. The van der Waals surface area contributed by atoms with Gasteiger partial charge in [-0.2, -0.15) is 0 Å². The summed E-state index contributed by atoms with van der Waals surface area (Å²) in [6.07, 6.45) is 2.95. The summed E-state index contributed by atoms with van der Waals surface area (Å²) in [6.45, 7) is 17.3. The summed E-state index contributed by atoms with van der Waals surface area (Å²) in [4.78, 5) is 0.264. The normalized spacial score (nSPS) is 17.4. The molecule has 1 fully saturated rings. The molecule has 1 unspecified atom stereocenters. The van der Waals surface area contributed by atoms with Crippen molar-refractivity contribution in [3.8, 4) is 5.75 Å². The van der Waals surface area contributed by atoms with Gasteiger partial charge in [0.1, 0.15) is 5.82 Å². The molecule has 5 nitrogen and oxygen atoms in total. The minimum absolute atomic E-state index is 0. The third-order valence-corrected chi connectivity index (χ3v) is 9.16. The van der Waals surface area contributed by atoms with Gasteiger partial charge >= 0.3 is 118 Å². The van der Waals surface area contributed by atoms with Crippen molar-refractivity contribution in [3.05, 3.63) is 58.4 Å². The van der Waals surface area contributed by atoms with E-state index in [2.05, 4.69) is 64.7 Å². The van der Waals surface area contributed by atoms with Crippen LogP contribution in [0, 0.1) is 11.2 Å². The van der Waals surface area contributed by atoms with Gasteiger partial charge in [0.2, 0.25) is 0 Å². The number of sulfonamides is 1. The monoisotopic (exact) mass is 704 g/mol. The Bertz CT molecular complexity index is 1230. The average molecular weight is 705 g/mol. The first-order chi connectivity index (χ1) is 17.5. The molecular weight excluding hydrogens is 659 g/mol. The van der Waals surface area contributed by atoms with Crippen LogP contribution in [0.4, 0.5) is 4.39 Å². The van der Waals surface area contributed by atoms with E-state index in [1.54, 1.807) is 34.9 Å². The Morgan fingerprint density at radius 3 is 1.98 bits per heavy atom. The third kappa shape index (κ3) is 9.57. The van der Waals surface area contributed by atoms with Gasteiger partial charge in [-0.25, -0.2) is 4.39 Å². The molecule has 1 aliphatic rings. The third-order valence-electron chi connectivity index (χ3n) is 6.81. The fourth-order valence-corrected chi connectivity index (χ4v) is 6.70. The number of benzene rings is 2. The molecule has 1 aliphatic heterocycles. The van der Waals surface area contributed by atoms with Crippen LogP contribution in [0.5, 0.6) is 5.75 Å². The van der Waals surface area contributed by atoms with E-state index < -0.39 is 10.0 Å². The molecule has 1 N–H and O–H groups in total. The second-order valence-corrected chi connectivity index (χ2v) is 14.4. The van der Waals surface area contributed by atoms with Gasteiger partial charge in [-0.1, -0.05) is 27.7 Å². The zero-order chi connectivity index (χ0) is 29.1. The first kappa shape index (κ1) is 39.1. The van der Waals surface area contributed by atoms with E-state index in [0.29, 0.717) is 11.8 Å². The molecule has 2 aromatic rings. The van der Waals surface area contributed by atoms with Crippen molar-refractivity contribution in [1.29, 1.82) is 0 Å². The van der Waals surface area contributed by atoms with Gasteiger partial charge in [-0.05, 0) is 67.3 Å². The number of ether oxygens (including phenoxy) is 1. The molecule has 0 bridgehead atoms. The Morgan fingerprint density at radius 1 is 1.07 bits per heavy atom. The van der Waals surface area contributed by atoms with Crippen molar-refractivity contribution in [2.45, 2.75) is 97.2 Å². The van der Waals surface area contributed by atoms with Crippen molar-refractivity contribution < 1.29 is 60.2 Å². The Kier molecular flexibility index (Phi) is 15.2. The second kappa shape index (κ2) is 15.5. The summed E-state index contributed by atoms with van der Waals surface area (Å²) >= 11 is 2.37. The Balaban J connectivity index is 0.000000729. The van der Waals surface area contributed by atoms with Crippen LogP contribution in [0.2, 0.25) is 0 Å². The number of nitrogens with one attached hydrogen (secondary N) is 1. The van der Waals surface area contributed by atoms with E-state index in [0.717, 1.165) is 36.0 Å². The van der Waals surface area contributed by atoms with Crippen LogP contribution in [0.3, 0.4) is 0 Å². The Morgan fingerprint density at radius 2 is 1.60 bits per heavy atom. The summed E-state index contributed by atoms with van der Waals surface area (Å²) in [7, 11) is -0.379. The average Bonchev–Trinajstić information content (AvgIpc) is 3.04. The van der Waals surface area contributed by atoms with Crippen LogP contribution in [0.25, 0.3) is 0 Å². The van der Waals surface area contributed by atoms with Crippen molar-refractivity contribution in [3.63, 3.8) is 0 Å². The molecule has 1 heterocycles. The van der Waals surface area contributed by atoms with Gasteiger partial charge in [-0.3, -0.25) is 0 Å². The summed E-state index contributed by atoms with van der Waals surface area (Å²) in [6, 6.07) is 8.61. The molecular formula is C30H45Cl2FN2O3RuS. The molecule has 3 rings (SSSR count). The fraction of sp³-hybridized carbons (Fsp3) is 0.567. The predicted octanol–water partition coefficient (Wildman–Crippen LogP) is 0.219. The van der Waals surface area contributed by atoms with E-state index >= 15 is 0 Å². The first-order valence-corrected chi connectivity index (χ1v) is 15.7. The molecule has 2 aromatic carbocycles. The SMILES string of the molecule is CC(C)Oc1ccc(S(=O)(=O)N(C)C)cc1[CH]=[Ru+2].CCc1cc(F)cc(CC)c1C1NC(C)(C)CC1(C)C.[Cl-].[Cl-]. The summed E-state index contributed by atoms with van der Waals surface area (Å²) in [5, 5.41) is 3.78. The smallest absolute Gasteiger partial charge is 0.123 e. The van der Waals surface area contributed by atoms with E-state index in [1.165, 1.54) is 24.0 Å². The van der Waals surface area contributed by atoms with Gasteiger partial charge in [0.15, 0.2) is 0 Å². The molecule has 0 amide bonds. The maximum Gasteiger partial charge on any atom is 0.123 e.